The number of nitrogens with one attached hydrogen (secondary N) is 1. The Bertz CT molecular complexity index is 1240. The van der Waals surface area contributed by atoms with Crippen molar-refractivity contribution in [2.24, 2.45) is 7.05 Å². The monoisotopic (exact) mass is 544 g/mol. The molecule has 37 heavy (non-hydrogen) atoms. The van der Waals surface area contributed by atoms with E-state index < -0.39 is 5.97 Å². The van der Waals surface area contributed by atoms with Crippen molar-refractivity contribution < 1.29 is 23.8 Å². The standard InChI is InChI=1S/C26H32N4O5S2/c1-16(35-18-13-11-17(33-3)12-14-18)23-28-29-26(30(23)2)36-15-21(31)27-24-22(25(32)34-4)19-9-7-5-6-8-10-20(19)37-24/h11-14,16H,5-10,15H2,1-4H3,(H,27,31). The van der Waals surface area contributed by atoms with Gasteiger partial charge in [-0.15, -0.1) is 21.5 Å². The Morgan fingerprint density at radius 3 is 2.49 bits per heavy atom. The quantitative estimate of drug-likeness (QED) is 0.290. The van der Waals surface area contributed by atoms with E-state index in [1.165, 1.54) is 41.5 Å². The van der Waals surface area contributed by atoms with Crippen molar-refractivity contribution in [3.63, 3.8) is 0 Å². The molecule has 1 aliphatic rings. The Kier molecular flexibility index (Phi) is 9.09. The van der Waals surface area contributed by atoms with E-state index in [2.05, 4.69) is 15.5 Å². The first kappa shape index (κ1) is 27.0. The van der Waals surface area contributed by atoms with E-state index >= 15 is 0 Å². The van der Waals surface area contributed by atoms with Crippen molar-refractivity contribution in [1.82, 2.24) is 14.8 Å². The number of carbonyl (C=O) groups is 2. The first-order chi connectivity index (χ1) is 17.9. The van der Waals surface area contributed by atoms with Crippen LogP contribution in [0.1, 0.15) is 65.3 Å². The van der Waals surface area contributed by atoms with E-state index in [-0.39, 0.29) is 17.8 Å². The average Bonchev–Trinajstić information content (AvgIpc) is 3.41. The van der Waals surface area contributed by atoms with Crippen LogP contribution in [0.15, 0.2) is 29.4 Å². The zero-order valence-corrected chi connectivity index (χ0v) is 23.2. The average molecular weight is 545 g/mol. The van der Waals surface area contributed by atoms with Crippen molar-refractivity contribution in [1.29, 1.82) is 0 Å². The van der Waals surface area contributed by atoms with Crippen LogP contribution < -0.4 is 14.8 Å². The summed E-state index contributed by atoms with van der Waals surface area (Å²) in [6.07, 6.45) is 5.87. The number of aromatic nitrogens is 3. The molecule has 1 aromatic carbocycles. The van der Waals surface area contributed by atoms with Gasteiger partial charge in [-0.1, -0.05) is 24.6 Å². The third kappa shape index (κ3) is 6.45. The van der Waals surface area contributed by atoms with Crippen LogP contribution in [0.3, 0.4) is 0 Å². The fourth-order valence-corrected chi connectivity index (χ4v) is 6.35. The molecule has 0 aliphatic heterocycles. The number of methoxy groups -OCH3 is 2. The summed E-state index contributed by atoms with van der Waals surface area (Å²) < 4.78 is 18.0. The molecule has 9 nitrogen and oxygen atoms in total. The zero-order valence-electron chi connectivity index (χ0n) is 21.5. The number of fused-ring (bicyclic) bond motifs is 1. The maximum Gasteiger partial charge on any atom is 0.341 e. The molecule has 0 spiro atoms. The van der Waals surface area contributed by atoms with Gasteiger partial charge in [0.05, 0.1) is 25.5 Å². The fourth-order valence-electron chi connectivity index (χ4n) is 4.34. The van der Waals surface area contributed by atoms with Crippen molar-refractivity contribution in [2.75, 3.05) is 25.3 Å². The van der Waals surface area contributed by atoms with Crippen molar-refractivity contribution in [2.45, 2.75) is 56.7 Å². The summed E-state index contributed by atoms with van der Waals surface area (Å²) in [5, 5.41) is 12.6. The van der Waals surface area contributed by atoms with Crippen LogP contribution in [0.4, 0.5) is 5.00 Å². The van der Waals surface area contributed by atoms with Gasteiger partial charge in [0.15, 0.2) is 17.1 Å². The Labute approximate surface area is 224 Å². The topological polar surface area (TPSA) is 105 Å². The number of amides is 1. The van der Waals surface area contributed by atoms with Crippen molar-refractivity contribution in [3.05, 3.63) is 46.1 Å². The van der Waals surface area contributed by atoms with Crippen LogP contribution in [-0.4, -0.2) is 46.6 Å². The Morgan fingerprint density at radius 2 is 1.78 bits per heavy atom. The van der Waals surface area contributed by atoms with Crippen LogP contribution in [0.25, 0.3) is 0 Å². The number of benzene rings is 1. The summed E-state index contributed by atoms with van der Waals surface area (Å²) >= 11 is 2.77. The smallest absolute Gasteiger partial charge is 0.341 e. The molecule has 11 heteroatoms. The molecule has 0 saturated carbocycles. The number of carbonyl (C=O) groups excluding carboxylic acids is 2. The van der Waals surface area contributed by atoms with Crippen LogP contribution in [-0.2, 0) is 29.4 Å². The number of hydrogen-bond donors (Lipinski definition) is 1. The predicted molar refractivity (Wildman–Crippen MR) is 144 cm³/mol. The molecule has 1 amide bonds. The maximum absolute atomic E-state index is 12.9. The van der Waals surface area contributed by atoms with E-state index in [1.807, 2.05) is 42.8 Å². The largest absolute Gasteiger partial charge is 0.497 e. The molecule has 198 valence electrons. The Morgan fingerprint density at radius 1 is 1.08 bits per heavy atom. The number of rotatable bonds is 9. The Hall–Kier alpha value is -3.05. The SMILES string of the molecule is COC(=O)c1c(NC(=O)CSc2nnc(C(C)Oc3ccc(OC)cc3)n2C)sc2c1CCCCCC2. The normalized spacial score (nSPS) is 14.2. The minimum absolute atomic E-state index is 0.128. The summed E-state index contributed by atoms with van der Waals surface area (Å²) in [5.74, 6) is 1.61. The number of thioether (sulfide) groups is 1. The minimum atomic E-state index is -0.398. The molecule has 0 fully saturated rings. The molecular formula is C26H32N4O5S2. The molecule has 0 radical (unpaired) electrons. The first-order valence-electron chi connectivity index (χ1n) is 12.3. The Balaban J connectivity index is 1.40. The number of nitrogens with zero attached hydrogens (tertiary/aromatic N) is 3. The number of esters is 1. The fraction of sp³-hybridized carbons (Fsp3) is 0.462. The van der Waals surface area contributed by atoms with Gasteiger partial charge in [-0.05, 0) is 62.4 Å². The van der Waals surface area contributed by atoms with Gasteiger partial charge < -0.3 is 24.1 Å². The number of ether oxygens (including phenoxy) is 3. The lowest BCUT2D eigenvalue weighted by molar-refractivity contribution is -0.113. The zero-order chi connectivity index (χ0) is 26.4. The van der Waals surface area contributed by atoms with Gasteiger partial charge in [0.1, 0.15) is 16.5 Å². The lowest BCUT2D eigenvalue weighted by atomic mass is 9.96. The highest BCUT2D eigenvalue weighted by Crippen LogP contribution is 2.37. The van der Waals surface area contributed by atoms with Gasteiger partial charge in [0.2, 0.25) is 5.91 Å². The minimum Gasteiger partial charge on any atom is -0.497 e. The third-order valence-corrected chi connectivity index (χ3v) is 8.48. The first-order valence-corrected chi connectivity index (χ1v) is 14.1. The molecule has 1 aliphatic carbocycles. The molecule has 2 heterocycles. The number of hydrogen-bond acceptors (Lipinski definition) is 9. The van der Waals surface area contributed by atoms with Gasteiger partial charge in [-0.25, -0.2) is 4.79 Å². The molecule has 2 aromatic heterocycles. The molecule has 1 N–H and O–H groups in total. The van der Waals surface area contributed by atoms with E-state index in [9.17, 15) is 9.59 Å². The van der Waals surface area contributed by atoms with Crippen LogP contribution in [0.2, 0.25) is 0 Å². The van der Waals surface area contributed by atoms with Gasteiger partial charge >= 0.3 is 5.97 Å². The van der Waals surface area contributed by atoms with Gasteiger partial charge in [0.25, 0.3) is 0 Å². The second-order valence-corrected chi connectivity index (χ2v) is 10.8. The molecule has 1 atom stereocenters. The molecule has 0 bridgehead atoms. The predicted octanol–water partition coefficient (Wildman–Crippen LogP) is 5.20. The highest BCUT2D eigenvalue weighted by atomic mass is 32.2. The van der Waals surface area contributed by atoms with E-state index in [4.69, 9.17) is 14.2 Å². The third-order valence-electron chi connectivity index (χ3n) is 6.25. The number of thiophene rings is 1. The number of anilines is 1. The molecular weight excluding hydrogens is 512 g/mol. The van der Waals surface area contributed by atoms with E-state index in [0.717, 1.165) is 43.4 Å². The van der Waals surface area contributed by atoms with Gasteiger partial charge in [0, 0.05) is 11.9 Å². The molecule has 0 saturated heterocycles. The van der Waals surface area contributed by atoms with Crippen LogP contribution in [0, 0.1) is 0 Å². The van der Waals surface area contributed by atoms with Gasteiger partial charge in [-0.2, -0.15) is 0 Å². The van der Waals surface area contributed by atoms with E-state index in [1.54, 1.807) is 7.11 Å². The molecule has 4 rings (SSSR count). The lowest BCUT2D eigenvalue weighted by Gasteiger charge is -2.14. The molecule has 1 unspecified atom stereocenters. The highest BCUT2D eigenvalue weighted by molar-refractivity contribution is 7.99. The summed E-state index contributed by atoms with van der Waals surface area (Å²) in [6, 6.07) is 7.33. The van der Waals surface area contributed by atoms with Crippen LogP contribution in [0.5, 0.6) is 11.5 Å². The summed E-state index contributed by atoms with van der Waals surface area (Å²) in [4.78, 5) is 26.6. The van der Waals surface area contributed by atoms with Crippen molar-refractivity contribution in [3.8, 4) is 11.5 Å². The number of aryl methyl sites for hydroxylation is 1. The van der Waals surface area contributed by atoms with E-state index in [0.29, 0.717) is 27.3 Å². The highest BCUT2D eigenvalue weighted by Gasteiger charge is 2.26. The van der Waals surface area contributed by atoms with Crippen LogP contribution >= 0.6 is 23.1 Å². The summed E-state index contributed by atoms with van der Waals surface area (Å²) in [5.41, 5.74) is 1.54. The second-order valence-electron chi connectivity index (χ2n) is 8.79. The second kappa shape index (κ2) is 12.5. The molecule has 3 aromatic rings. The summed E-state index contributed by atoms with van der Waals surface area (Å²) in [6.45, 7) is 1.90. The lowest BCUT2D eigenvalue weighted by Crippen LogP contribution is -2.17. The maximum atomic E-state index is 12.9. The van der Waals surface area contributed by atoms with Crippen molar-refractivity contribution >= 4 is 40.0 Å². The van der Waals surface area contributed by atoms with Gasteiger partial charge in [-0.3, -0.25) is 4.79 Å². The summed E-state index contributed by atoms with van der Waals surface area (Å²) in [7, 11) is 4.84.